The van der Waals surface area contributed by atoms with Gasteiger partial charge in [-0.05, 0) is 0 Å². The van der Waals surface area contributed by atoms with E-state index in [2.05, 4.69) is 12.6 Å². The molecule has 0 bridgehead atoms. The van der Waals surface area contributed by atoms with Gasteiger partial charge in [0, 0.05) is 11.8 Å². The molecule has 0 saturated carbocycles. The fourth-order valence-corrected chi connectivity index (χ4v) is 1.47. The summed E-state index contributed by atoms with van der Waals surface area (Å²) in [6.07, 6.45) is -18.3. The van der Waals surface area contributed by atoms with Crippen LogP contribution in [0.5, 0.6) is 0 Å². The highest BCUT2D eigenvalue weighted by Gasteiger charge is 2.73. The smallest absolute Gasteiger partial charge is 0.331 e. The van der Waals surface area contributed by atoms with Gasteiger partial charge < -0.3 is 10.2 Å². The van der Waals surface area contributed by atoms with Crippen molar-refractivity contribution in [3.05, 3.63) is 0 Å². The zero-order valence-corrected chi connectivity index (χ0v) is 18.5. The van der Waals surface area contributed by atoms with Crippen molar-refractivity contribution < 1.29 is 84.9 Å². The highest BCUT2D eigenvalue weighted by Crippen LogP contribution is 2.48. The second-order valence-corrected chi connectivity index (χ2v) is 7.46. The van der Waals surface area contributed by atoms with Gasteiger partial charge in [-0.15, -0.1) is 0 Å². The minimum atomic E-state index is -6.45. The molecule has 2 nitrogen and oxygen atoms in total. The van der Waals surface area contributed by atoms with E-state index in [9.17, 15) is 74.6 Å². The molecule has 0 aliphatic heterocycles. The molecular formula is C15H19F17O2S. The van der Waals surface area contributed by atoms with Crippen molar-refractivity contribution in [3.63, 3.8) is 0 Å². The summed E-state index contributed by atoms with van der Waals surface area (Å²) in [5.74, 6) is -29.6. The van der Waals surface area contributed by atoms with Crippen LogP contribution in [0.3, 0.4) is 0 Å². The zero-order valence-electron chi connectivity index (χ0n) is 17.6. The van der Waals surface area contributed by atoms with Gasteiger partial charge in [-0.2, -0.15) is 87.3 Å². The molecule has 0 fully saturated rings. The number of alkyl halides is 17. The van der Waals surface area contributed by atoms with Crippen molar-refractivity contribution in [1.82, 2.24) is 0 Å². The fraction of sp³-hybridized carbons (Fsp3) is 1.00. The predicted octanol–water partition coefficient (Wildman–Crippen LogP) is 7.11. The lowest BCUT2D eigenvalue weighted by Gasteiger charge is -2.31. The average molecular weight is 586 g/mol. The first-order chi connectivity index (χ1) is 14.7. The molecule has 0 heterocycles. The Morgan fingerprint density at radius 1 is 0.514 bits per heavy atom. The van der Waals surface area contributed by atoms with Crippen molar-refractivity contribution in [2.75, 3.05) is 5.75 Å². The van der Waals surface area contributed by atoms with Crippen LogP contribution in [-0.4, -0.2) is 64.0 Å². The summed E-state index contributed by atoms with van der Waals surface area (Å²) >= 11 is 3.16. The van der Waals surface area contributed by atoms with Crippen LogP contribution in [0.4, 0.5) is 74.6 Å². The van der Waals surface area contributed by atoms with Gasteiger partial charge in [-0.3, -0.25) is 0 Å². The average Bonchev–Trinajstić information content (AvgIpc) is 2.59. The summed E-state index contributed by atoms with van der Waals surface area (Å²) < 4.78 is 200. The van der Waals surface area contributed by atoms with Crippen LogP contribution in [0.2, 0.25) is 0 Å². The molecular weight excluding hydrogens is 567 g/mol. The van der Waals surface area contributed by atoms with Crippen LogP contribution in [-0.2, 0) is 0 Å². The SMILES string of the molecule is CC(C)C(F)(F)C(F)(F)C(O)(F)F.CC(C)C(F)(F)C(F)(F)CS.OC(F)(F)C(F)(F)C(F)(F)F. The monoisotopic (exact) mass is 586 g/mol. The van der Waals surface area contributed by atoms with E-state index in [4.69, 9.17) is 10.2 Å². The van der Waals surface area contributed by atoms with Gasteiger partial charge in [-0.1, -0.05) is 27.7 Å². The summed E-state index contributed by atoms with van der Waals surface area (Å²) in [6, 6.07) is 0. The molecule has 0 saturated heterocycles. The topological polar surface area (TPSA) is 40.5 Å². The molecule has 0 aromatic carbocycles. The molecule has 0 radical (unpaired) electrons. The van der Waals surface area contributed by atoms with Crippen LogP contribution >= 0.6 is 12.6 Å². The molecule has 216 valence electrons. The molecule has 0 aromatic rings. The Morgan fingerprint density at radius 3 is 0.829 bits per heavy atom. The zero-order chi connectivity index (χ0) is 29.9. The van der Waals surface area contributed by atoms with Crippen molar-refractivity contribution in [1.29, 1.82) is 0 Å². The van der Waals surface area contributed by atoms with Gasteiger partial charge in [-0.25, -0.2) is 0 Å². The standard InChI is InChI=1S/C6H8F6O.C6H10F4S.C3HF7O/c1-3(2)4(7,8)5(9,10)6(11,12)13;1-4(2)6(9,10)5(7,8)3-11;4-1(5,2(6,7)8)3(9,10)11/h3,13H,1-2H3;4,11H,3H2,1-2H3;11H. The highest BCUT2D eigenvalue weighted by molar-refractivity contribution is 7.80. The van der Waals surface area contributed by atoms with E-state index in [0.29, 0.717) is 13.8 Å². The van der Waals surface area contributed by atoms with Crippen molar-refractivity contribution >= 4 is 12.6 Å². The lowest BCUT2D eigenvalue weighted by molar-refractivity contribution is -0.412. The second-order valence-electron chi connectivity index (χ2n) is 7.15. The Hall–Kier alpha value is -0.920. The summed E-state index contributed by atoms with van der Waals surface area (Å²) in [7, 11) is 0. The molecule has 0 atom stereocenters. The van der Waals surface area contributed by atoms with E-state index in [1.165, 1.54) is 0 Å². The molecule has 35 heavy (non-hydrogen) atoms. The highest BCUT2D eigenvalue weighted by atomic mass is 32.1. The van der Waals surface area contributed by atoms with Gasteiger partial charge in [0.25, 0.3) is 0 Å². The number of rotatable bonds is 7. The maximum atomic E-state index is 12.5. The van der Waals surface area contributed by atoms with Gasteiger partial charge >= 0.3 is 48.0 Å². The maximum absolute atomic E-state index is 12.5. The van der Waals surface area contributed by atoms with Crippen molar-refractivity contribution in [3.8, 4) is 0 Å². The van der Waals surface area contributed by atoms with Gasteiger partial charge in [0.2, 0.25) is 0 Å². The largest absolute Gasteiger partial charge is 0.462 e. The van der Waals surface area contributed by atoms with E-state index >= 15 is 0 Å². The third-order valence-electron chi connectivity index (χ3n) is 3.67. The maximum Gasteiger partial charge on any atom is 0.462 e. The van der Waals surface area contributed by atoms with E-state index in [0.717, 1.165) is 13.8 Å². The Morgan fingerprint density at radius 2 is 0.771 bits per heavy atom. The molecule has 0 amide bonds. The third-order valence-corrected chi connectivity index (χ3v) is 4.06. The van der Waals surface area contributed by atoms with Gasteiger partial charge in [0.1, 0.15) is 0 Å². The lowest BCUT2D eigenvalue weighted by Crippen LogP contribution is -2.56. The third kappa shape index (κ3) is 9.15. The van der Waals surface area contributed by atoms with Crippen LogP contribution < -0.4 is 0 Å². The van der Waals surface area contributed by atoms with E-state index in [-0.39, 0.29) is 0 Å². The van der Waals surface area contributed by atoms with E-state index < -0.39 is 65.6 Å². The summed E-state index contributed by atoms with van der Waals surface area (Å²) in [4.78, 5) is 0. The molecule has 20 heteroatoms. The van der Waals surface area contributed by atoms with E-state index in [1.807, 2.05) is 0 Å². The number of aliphatic hydroxyl groups is 2. The first kappa shape index (κ1) is 38.6. The minimum Gasteiger partial charge on any atom is -0.331 e. The number of hydrogen-bond acceptors (Lipinski definition) is 3. The van der Waals surface area contributed by atoms with Crippen LogP contribution in [0.1, 0.15) is 27.7 Å². The molecule has 0 spiro atoms. The Bertz CT molecular complexity index is 617. The molecule has 0 aliphatic rings. The molecule has 0 aliphatic carbocycles. The van der Waals surface area contributed by atoms with E-state index in [1.54, 1.807) is 0 Å². The summed E-state index contributed by atoms with van der Waals surface area (Å²) in [6.45, 7) is 3.41. The number of thiol groups is 1. The van der Waals surface area contributed by atoms with Gasteiger partial charge in [0.05, 0.1) is 5.75 Å². The minimum absolute atomic E-state index is 0.652. The predicted molar refractivity (Wildman–Crippen MR) is 88.7 cm³/mol. The fourth-order valence-electron chi connectivity index (χ4n) is 1.26. The summed E-state index contributed by atoms with van der Waals surface area (Å²) in [5.41, 5.74) is 0. The van der Waals surface area contributed by atoms with Crippen LogP contribution in [0.25, 0.3) is 0 Å². The first-order valence-corrected chi connectivity index (χ1v) is 9.10. The van der Waals surface area contributed by atoms with Gasteiger partial charge in [0.15, 0.2) is 0 Å². The van der Waals surface area contributed by atoms with Crippen molar-refractivity contribution in [2.24, 2.45) is 11.8 Å². The Labute approximate surface area is 191 Å². The Balaban J connectivity index is -0.000000441. The molecule has 2 N–H and O–H groups in total. The Kier molecular flexibility index (Phi) is 12.8. The lowest BCUT2D eigenvalue weighted by atomic mass is 9.99. The number of halogens is 17. The second kappa shape index (κ2) is 11.6. The van der Waals surface area contributed by atoms with Crippen LogP contribution in [0.15, 0.2) is 0 Å². The summed E-state index contributed by atoms with van der Waals surface area (Å²) in [5, 5.41) is 14.6. The molecule has 0 unspecified atom stereocenters. The molecule has 0 aromatic heterocycles. The van der Waals surface area contributed by atoms with Crippen molar-refractivity contribution in [2.45, 2.75) is 75.7 Å². The number of hydrogen-bond donors (Lipinski definition) is 3. The quantitative estimate of drug-likeness (QED) is 0.220. The molecule has 0 rings (SSSR count). The normalized spacial score (nSPS) is 14.9. The van der Waals surface area contributed by atoms with Crippen LogP contribution in [0, 0.1) is 11.8 Å². The first-order valence-electron chi connectivity index (χ1n) is 8.47.